The number of halogens is 1. The highest BCUT2D eigenvalue weighted by atomic mass is 127. The molecule has 0 saturated carbocycles. The van der Waals surface area contributed by atoms with Gasteiger partial charge in [-0.25, -0.2) is 4.45 Å². The fourth-order valence-electron chi connectivity index (χ4n) is 2.12. The van der Waals surface area contributed by atoms with Gasteiger partial charge >= 0.3 is 0 Å². The first-order valence-electron chi connectivity index (χ1n) is 6.62. The summed E-state index contributed by atoms with van der Waals surface area (Å²) in [6, 6.07) is 7.83. The zero-order valence-corrected chi connectivity index (χ0v) is 15.2. The van der Waals surface area contributed by atoms with Crippen LogP contribution in [0.3, 0.4) is 0 Å². The molecule has 3 aromatic rings. The fourth-order valence-corrected chi connectivity index (χ4v) is 3.20. The average molecular weight is 424 g/mol. The lowest BCUT2D eigenvalue weighted by molar-refractivity contribution is 1.01. The second-order valence-electron chi connectivity index (χ2n) is 4.64. The topological polar surface area (TPSA) is 68.5 Å². The Morgan fingerprint density at radius 3 is 2.55 bits per heavy atom. The minimum absolute atomic E-state index is 0.597. The molecule has 22 heavy (non-hydrogen) atoms. The Morgan fingerprint density at radius 1 is 1.14 bits per heavy atom. The molecule has 6 nitrogen and oxygen atoms in total. The molecule has 112 valence electrons. The van der Waals surface area contributed by atoms with Gasteiger partial charge in [0.25, 0.3) is 0 Å². The minimum atomic E-state index is 0.597. The number of aromatic nitrogens is 5. The van der Waals surface area contributed by atoms with E-state index in [0.717, 1.165) is 34.0 Å². The van der Waals surface area contributed by atoms with Gasteiger partial charge in [0.05, 0.1) is 18.3 Å². The van der Waals surface area contributed by atoms with E-state index in [-0.39, 0.29) is 0 Å². The number of anilines is 1. The predicted octanol–water partition coefficient (Wildman–Crippen LogP) is 3.54. The average Bonchev–Trinajstić information content (AvgIpc) is 3.03. The third-order valence-electron chi connectivity index (χ3n) is 3.25. The summed E-state index contributed by atoms with van der Waals surface area (Å²) >= 11 is 2.31. The van der Waals surface area contributed by atoms with E-state index in [1.54, 1.807) is 0 Å². The molecule has 1 atom stereocenters. The molecule has 0 saturated heterocycles. The van der Waals surface area contributed by atoms with Crippen molar-refractivity contribution in [2.24, 2.45) is 0 Å². The Bertz CT molecular complexity index is 786. The Labute approximate surface area is 143 Å². The lowest BCUT2D eigenvalue weighted by Crippen LogP contribution is -1.97. The number of nitrogens with zero attached hydrogens (tertiary/aromatic N) is 5. The van der Waals surface area contributed by atoms with E-state index < -0.39 is 0 Å². The molecular formula is C14H14IN6P. The molecule has 3 aromatic heterocycles. The second kappa shape index (κ2) is 6.66. The third kappa shape index (κ3) is 3.10. The van der Waals surface area contributed by atoms with Gasteiger partial charge in [0, 0.05) is 30.1 Å². The summed E-state index contributed by atoms with van der Waals surface area (Å²) in [5, 5.41) is 15.5. The monoisotopic (exact) mass is 424 g/mol. The normalized spacial score (nSPS) is 11.2. The second-order valence-corrected chi connectivity index (χ2v) is 6.72. The standard InChI is InChI=1S/C14H14IN6P/c1-9-11(10-7-17-21(8-10)22-15)3-4-12(18-9)13-5-6-14(16-2)20-19-13/h3-8,22H,1-2H3,(H,16,20). The Hall–Kier alpha value is -1.60. The van der Waals surface area contributed by atoms with Crippen LogP contribution in [0.1, 0.15) is 5.69 Å². The van der Waals surface area contributed by atoms with Crippen LogP contribution in [0.4, 0.5) is 5.82 Å². The molecule has 0 aliphatic rings. The van der Waals surface area contributed by atoms with Crippen molar-refractivity contribution in [2.45, 2.75) is 6.92 Å². The number of rotatable bonds is 4. The zero-order valence-electron chi connectivity index (χ0n) is 12.1. The van der Waals surface area contributed by atoms with E-state index in [0.29, 0.717) is 6.37 Å². The van der Waals surface area contributed by atoms with Crippen molar-refractivity contribution in [3.05, 3.63) is 42.4 Å². The lowest BCUT2D eigenvalue weighted by Gasteiger charge is -2.06. The van der Waals surface area contributed by atoms with Crippen LogP contribution in [-0.2, 0) is 0 Å². The highest BCUT2D eigenvalue weighted by molar-refractivity contribution is 14.2. The van der Waals surface area contributed by atoms with E-state index in [1.165, 1.54) is 0 Å². The van der Waals surface area contributed by atoms with Crippen molar-refractivity contribution >= 4 is 34.2 Å². The maximum Gasteiger partial charge on any atom is 0.148 e. The minimum Gasteiger partial charge on any atom is -0.372 e. The molecule has 0 aromatic carbocycles. The fraction of sp³-hybridized carbons (Fsp3) is 0.143. The smallest absolute Gasteiger partial charge is 0.148 e. The Balaban J connectivity index is 1.94. The van der Waals surface area contributed by atoms with Crippen LogP contribution in [0, 0.1) is 6.92 Å². The molecule has 0 aliphatic carbocycles. The molecular weight excluding hydrogens is 410 g/mol. The van der Waals surface area contributed by atoms with E-state index >= 15 is 0 Å². The largest absolute Gasteiger partial charge is 0.372 e. The maximum absolute atomic E-state index is 4.65. The SMILES string of the molecule is CNc1ccc(-c2ccc(-c3cnn(PI)c3)c(C)n2)nn1. The van der Waals surface area contributed by atoms with Gasteiger partial charge in [-0.1, -0.05) is 6.07 Å². The van der Waals surface area contributed by atoms with E-state index in [9.17, 15) is 0 Å². The van der Waals surface area contributed by atoms with Crippen LogP contribution in [0.15, 0.2) is 36.7 Å². The number of pyridine rings is 1. The summed E-state index contributed by atoms with van der Waals surface area (Å²) in [6.45, 7) is 2.00. The van der Waals surface area contributed by atoms with E-state index in [1.807, 2.05) is 49.0 Å². The molecule has 0 fully saturated rings. The predicted molar refractivity (Wildman–Crippen MR) is 98.5 cm³/mol. The van der Waals surface area contributed by atoms with Gasteiger partial charge in [-0.05, 0) is 47.2 Å². The highest BCUT2D eigenvalue weighted by Crippen LogP contribution is 2.29. The van der Waals surface area contributed by atoms with Gasteiger partial charge in [0.2, 0.25) is 0 Å². The van der Waals surface area contributed by atoms with Crippen molar-refractivity contribution in [1.82, 2.24) is 24.7 Å². The molecule has 1 unspecified atom stereocenters. The van der Waals surface area contributed by atoms with Crippen LogP contribution in [0.2, 0.25) is 0 Å². The van der Waals surface area contributed by atoms with Gasteiger partial charge in [0.1, 0.15) is 11.5 Å². The summed E-state index contributed by atoms with van der Waals surface area (Å²) in [7, 11) is 1.82. The van der Waals surface area contributed by atoms with Crippen molar-refractivity contribution in [3.8, 4) is 22.5 Å². The van der Waals surface area contributed by atoms with Gasteiger partial charge in [0.15, 0.2) is 0 Å². The Morgan fingerprint density at radius 2 is 1.95 bits per heavy atom. The van der Waals surface area contributed by atoms with Gasteiger partial charge in [-0.3, -0.25) is 4.98 Å². The summed E-state index contributed by atoms with van der Waals surface area (Å²) in [5.74, 6) is 0.740. The summed E-state index contributed by atoms with van der Waals surface area (Å²) < 4.78 is 1.92. The molecule has 0 spiro atoms. The van der Waals surface area contributed by atoms with Crippen LogP contribution in [-0.4, -0.2) is 31.8 Å². The quantitative estimate of drug-likeness (QED) is 0.513. The summed E-state index contributed by atoms with van der Waals surface area (Å²) in [5.41, 5.74) is 4.70. The van der Waals surface area contributed by atoms with Gasteiger partial charge in [-0.15, -0.1) is 10.2 Å². The summed E-state index contributed by atoms with van der Waals surface area (Å²) in [4.78, 5) is 4.65. The van der Waals surface area contributed by atoms with Crippen molar-refractivity contribution in [3.63, 3.8) is 0 Å². The van der Waals surface area contributed by atoms with Gasteiger partial charge in [-0.2, -0.15) is 5.10 Å². The molecule has 0 aliphatic heterocycles. The summed E-state index contributed by atoms with van der Waals surface area (Å²) in [6.07, 6.45) is 4.51. The van der Waals surface area contributed by atoms with Crippen LogP contribution < -0.4 is 5.32 Å². The zero-order chi connectivity index (χ0) is 15.5. The first-order valence-corrected chi connectivity index (χ1v) is 10.7. The van der Waals surface area contributed by atoms with Crippen LogP contribution >= 0.6 is 28.4 Å². The van der Waals surface area contributed by atoms with Crippen LogP contribution in [0.25, 0.3) is 22.5 Å². The molecule has 8 heteroatoms. The van der Waals surface area contributed by atoms with E-state index in [4.69, 9.17) is 0 Å². The van der Waals surface area contributed by atoms with Crippen molar-refractivity contribution in [2.75, 3.05) is 12.4 Å². The lowest BCUT2D eigenvalue weighted by atomic mass is 10.1. The van der Waals surface area contributed by atoms with Crippen molar-refractivity contribution < 1.29 is 0 Å². The third-order valence-corrected chi connectivity index (χ3v) is 5.15. The molecule has 3 heterocycles. The number of hydrogen-bond acceptors (Lipinski definition) is 5. The molecule has 0 bridgehead atoms. The Kier molecular flexibility index (Phi) is 4.63. The highest BCUT2D eigenvalue weighted by Gasteiger charge is 2.09. The molecule has 0 radical (unpaired) electrons. The maximum atomic E-state index is 4.65. The number of nitrogens with one attached hydrogen (secondary N) is 1. The van der Waals surface area contributed by atoms with Crippen LogP contribution in [0.5, 0.6) is 0 Å². The number of hydrogen-bond donors (Lipinski definition) is 1. The first kappa shape index (κ1) is 15.3. The van der Waals surface area contributed by atoms with Crippen molar-refractivity contribution in [1.29, 1.82) is 0 Å². The van der Waals surface area contributed by atoms with E-state index in [2.05, 4.69) is 53.7 Å². The molecule has 0 amide bonds. The first-order chi connectivity index (χ1) is 10.7. The van der Waals surface area contributed by atoms with Gasteiger partial charge < -0.3 is 5.32 Å². The number of aryl methyl sites for hydroxylation is 1. The molecule has 3 rings (SSSR count). The molecule has 1 N–H and O–H groups in total.